The van der Waals surface area contributed by atoms with Crippen molar-refractivity contribution in [2.24, 2.45) is 0 Å². The molecule has 4 rings (SSSR count). The van der Waals surface area contributed by atoms with Gasteiger partial charge in [0.1, 0.15) is 5.65 Å². The molecular formula is C19H20ClN3O3S. The third kappa shape index (κ3) is 3.60. The first-order chi connectivity index (χ1) is 12.8. The van der Waals surface area contributed by atoms with Crippen molar-refractivity contribution >= 4 is 27.3 Å². The van der Waals surface area contributed by atoms with Gasteiger partial charge in [-0.25, -0.2) is 13.4 Å². The number of nitrogens with zero attached hydrogens (tertiary/aromatic N) is 3. The molecule has 3 aromatic rings. The molecule has 0 unspecified atom stereocenters. The van der Waals surface area contributed by atoms with Gasteiger partial charge in [0, 0.05) is 31.0 Å². The summed E-state index contributed by atoms with van der Waals surface area (Å²) in [6.45, 7) is 4.47. The summed E-state index contributed by atoms with van der Waals surface area (Å²) >= 11 is 6.02. The van der Waals surface area contributed by atoms with Crippen LogP contribution in [0.4, 0.5) is 0 Å². The lowest BCUT2D eigenvalue weighted by molar-refractivity contribution is -0.0440. The van der Waals surface area contributed by atoms with E-state index in [-0.39, 0.29) is 17.1 Å². The summed E-state index contributed by atoms with van der Waals surface area (Å²) in [5.41, 5.74) is 2.18. The van der Waals surface area contributed by atoms with Crippen molar-refractivity contribution in [2.75, 3.05) is 13.1 Å². The number of imidazole rings is 1. The zero-order valence-corrected chi connectivity index (χ0v) is 16.6. The van der Waals surface area contributed by atoms with E-state index >= 15 is 0 Å². The molecule has 1 fully saturated rings. The summed E-state index contributed by atoms with van der Waals surface area (Å²) in [5.74, 6) is 0. The number of aromatic nitrogens is 2. The van der Waals surface area contributed by atoms with Gasteiger partial charge in [0.05, 0.1) is 27.8 Å². The van der Waals surface area contributed by atoms with E-state index in [1.807, 2.05) is 36.6 Å². The highest BCUT2D eigenvalue weighted by Crippen LogP contribution is 2.26. The quantitative estimate of drug-likeness (QED) is 0.669. The largest absolute Gasteiger partial charge is 0.373 e. The standard InChI is InChI=1S/C19H20ClN3O3S/c1-13-9-23(10-14(2)26-13)27(24,25)17-5-3-4-15(8-17)18-12-22-11-16(20)6-7-19(22)21-18/h3-8,11-14H,9-10H2,1-2H3/t13-,14-/m1/s1. The maximum atomic E-state index is 13.1. The summed E-state index contributed by atoms with van der Waals surface area (Å²) in [7, 11) is -3.60. The van der Waals surface area contributed by atoms with Crippen LogP contribution in [0.3, 0.4) is 0 Å². The van der Waals surface area contributed by atoms with Gasteiger partial charge in [-0.15, -0.1) is 0 Å². The number of hydrogen-bond donors (Lipinski definition) is 0. The van der Waals surface area contributed by atoms with Gasteiger partial charge in [-0.2, -0.15) is 4.31 Å². The monoisotopic (exact) mass is 405 g/mol. The molecule has 0 amide bonds. The smallest absolute Gasteiger partial charge is 0.243 e. The molecule has 0 aliphatic carbocycles. The minimum atomic E-state index is -3.60. The molecule has 3 heterocycles. The van der Waals surface area contributed by atoms with E-state index in [2.05, 4.69) is 4.98 Å². The molecule has 0 bridgehead atoms. The zero-order chi connectivity index (χ0) is 19.2. The van der Waals surface area contributed by atoms with Crippen molar-refractivity contribution in [3.05, 3.63) is 53.8 Å². The summed E-state index contributed by atoms with van der Waals surface area (Å²) in [4.78, 5) is 4.82. The first-order valence-corrected chi connectivity index (χ1v) is 10.5. The maximum Gasteiger partial charge on any atom is 0.243 e. The van der Waals surface area contributed by atoms with Crippen LogP contribution >= 0.6 is 11.6 Å². The van der Waals surface area contributed by atoms with Crippen molar-refractivity contribution in [3.8, 4) is 11.3 Å². The highest BCUT2D eigenvalue weighted by molar-refractivity contribution is 7.89. The first kappa shape index (κ1) is 18.4. The number of benzene rings is 1. The van der Waals surface area contributed by atoms with E-state index < -0.39 is 10.0 Å². The maximum absolute atomic E-state index is 13.1. The number of sulfonamides is 1. The van der Waals surface area contributed by atoms with Crippen LogP contribution in [0, 0.1) is 0 Å². The summed E-state index contributed by atoms with van der Waals surface area (Å²) < 4.78 is 35.2. The van der Waals surface area contributed by atoms with Gasteiger partial charge < -0.3 is 9.14 Å². The van der Waals surface area contributed by atoms with Gasteiger partial charge in [0.2, 0.25) is 10.0 Å². The number of morpholine rings is 1. The molecule has 2 aromatic heterocycles. The number of fused-ring (bicyclic) bond motifs is 1. The third-order valence-electron chi connectivity index (χ3n) is 4.57. The fourth-order valence-electron chi connectivity index (χ4n) is 3.40. The predicted octanol–water partition coefficient (Wildman–Crippen LogP) is 3.45. The number of rotatable bonds is 3. The Labute approximate surface area is 163 Å². The van der Waals surface area contributed by atoms with E-state index in [0.29, 0.717) is 23.8 Å². The fraction of sp³-hybridized carbons (Fsp3) is 0.316. The van der Waals surface area contributed by atoms with E-state index in [0.717, 1.165) is 11.2 Å². The van der Waals surface area contributed by atoms with Crippen molar-refractivity contribution in [3.63, 3.8) is 0 Å². The highest BCUT2D eigenvalue weighted by Gasteiger charge is 2.32. The Morgan fingerprint density at radius 3 is 2.59 bits per heavy atom. The molecule has 0 saturated carbocycles. The molecule has 0 spiro atoms. The van der Waals surface area contributed by atoms with Crippen molar-refractivity contribution in [1.29, 1.82) is 0 Å². The Morgan fingerprint density at radius 2 is 1.85 bits per heavy atom. The Bertz CT molecular complexity index is 1090. The number of hydrogen-bond acceptors (Lipinski definition) is 4. The molecule has 8 heteroatoms. The van der Waals surface area contributed by atoms with Crippen molar-refractivity contribution in [2.45, 2.75) is 31.0 Å². The number of ether oxygens (including phenoxy) is 1. The van der Waals surface area contributed by atoms with Crippen LogP contribution in [0.5, 0.6) is 0 Å². The lowest BCUT2D eigenvalue weighted by Gasteiger charge is -2.34. The van der Waals surface area contributed by atoms with E-state index in [9.17, 15) is 8.42 Å². The average Bonchev–Trinajstić information content (AvgIpc) is 3.04. The molecule has 0 N–H and O–H groups in total. The fourth-order valence-corrected chi connectivity index (χ4v) is 5.20. The van der Waals surface area contributed by atoms with Crippen LogP contribution in [0.1, 0.15) is 13.8 Å². The van der Waals surface area contributed by atoms with Crippen molar-refractivity contribution in [1.82, 2.24) is 13.7 Å². The van der Waals surface area contributed by atoms with E-state index in [4.69, 9.17) is 16.3 Å². The van der Waals surface area contributed by atoms with Crippen LogP contribution < -0.4 is 0 Å². The molecule has 1 aliphatic rings. The molecule has 1 saturated heterocycles. The molecular weight excluding hydrogens is 386 g/mol. The highest BCUT2D eigenvalue weighted by atomic mass is 35.5. The summed E-state index contributed by atoms with van der Waals surface area (Å²) in [5, 5.41) is 0.610. The molecule has 1 aromatic carbocycles. The van der Waals surface area contributed by atoms with Gasteiger partial charge in [0.25, 0.3) is 0 Å². The van der Waals surface area contributed by atoms with E-state index in [1.165, 1.54) is 4.31 Å². The Hall–Kier alpha value is -1.93. The Morgan fingerprint density at radius 1 is 1.11 bits per heavy atom. The lowest BCUT2D eigenvalue weighted by Crippen LogP contribution is -2.48. The van der Waals surface area contributed by atoms with Crippen molar-refractivity contribution < 1.29 is 13.2 Å². The molecule has 142 valence electrons. The normalized spacial score (nSPS) is 21.6. The molecule has 6 nitrogen and oxygen atoms in total. The second-order valence-electron chi connectivity index (χ2n) is 6.85. The molecule has 1 aliphatic heterocycles. The molecule has 0 radical (unpaired) electrons. The van der Waals surface area contributed by atoms with Crippen LogP contribution in [0.25, 0.3) is 16.9 Å². The minimum Gasteiger partial charge on any atom is -0.373 e. The van der Waals surface area contributed by atoms with Gasteiger partial charge in [-0.05, 0) is 38.1 Å². The van der Waals surface area contributed by atoms with E-state index in [1.54, 1.807) is 30.5 Å². The van der Waals surface area contributed by atoms with Crippen LogP contribution in [0.15, 0.2) is 53.7 Å². The second kappa shape index (κ2) is 6.91. The zero-order valence-electron chi connectivity index (χ0n) is 15.0. The lowest BCUT2D eigenvalue weighted by atomic mass is 10.2. The van der Waals surface area contributed by atoms with Gasteiger partial charge >= 0.3 is 0 Å². The van der Waals surface area contributed by atoms with Gasteiger partial charge in [0.15, 0.2) is 0 Å². The van der Waals surface area contributed by atoms with Gasteiger partial charge in [-0.1, -0.05) is 23.7 Å². The average molecular weight is 406 g/mol. The van der Waals surface area contributed by atoms with Crippen LogP contribution in [0.2, 0.25) is 5.02 Å². The minimum absolute atomic E-state index is 0.130. The Balaban J connectivity index is 1.71. The topological polar surface area (TPSA) is 63.9 Å². The van der Waals surface area contributed by atoms with Crippen LogP contribution in [-0.2, 0) is 14.8 Å². The third-order valence-corrected chi connectivity index (χ3v) is 6.62. The van der Waals surface area contributed by atoms with Gasteiger partial charge in [-0.3, -0.25) is 0 Å². The molecule has 27 heavy (non-hydrogen) atoms. The SMILES string of the molecule is C[C@@H]1CN(S(=O)(=O)c2cccc(-c3cn4cc(Cl)ccc4n3)c2)C[C@@H](C)O1. The number of halogens is 1. The van der Waals surface area contributed by atoms with Crippen LogP contribution in [-0.4, -0.2) is 47.4 Å². The first-order valence-electron chi connectivity index (χ1n) is 8.73. The predicted molar refractivity (Wildman–Crippen MR) is 104 cm³/mol. The molecule has 2 atom stereocenters. The summed E-state index contributed by atoms with van der Waals surface area (Å²) in [6, 6.07) is 10.5. The number of pyridine rings is 1. The second-order valence-corrected chi connectivity index (χ2v) is 9.22. The summed E-state index contributed by atoms with van der Waals surface area (Å²) in [6.07, 6.45) is 3.35. The Kier molecular flexibility index (Phi) is 4.71.